The third kappa shape index (κ3) is 5.99. The fourth-order valence-electron chi connectivity index (χ4n) is 5.29. The van der Waals surface area contributed by atoms with Gasteiger partial charge in [-0.1, -0.05) is 32.4 Å². The number of carbonyl (C=O) groups excluding carboxylic acids is 1. The van der Waals surface area contributed by atoms with Crippen LogP contribution in [0.25, 0.3) is 20.5 Å². The molecule has 1 aliphatic heterocycles. The van der Waals surface area contributed by atoms with Crippen LogP contribution >= 0.6 is 18.5 Å². The maximum absolute atomic E-state index is 14.0. The van der Waals surface area contributed by atoms with Crippen molar-refractivity contribution < 1.29 is 19.2 Å². The van der Waals surface area contributed by atoms with E-state index in [1.54, 1.807) is 12.1 Å². The molecule has 0 bridgehead atoms. The van der Waals surface area contributed by atoms with Crippen molar-refractivity contribution in [3.63, 3.8) is 0 Å². The molecule has 5 nitrogen and oxygen atoms in total. The van der Waals surface area contributed by atoms with Gasteiger partial charge in [0.25, 0.3) is 0 Å². The summed E-state index contributed by atoms with van der Waals surface area (Å²) in [5.74, 6) is 0.876. The molecule has 0 amide bonds. The van der Waals surface area contributed by atoms with Gasteiger partial charge in [0.15, 0.2) is 5.78 Å². The third-order valence-electron chi connectivity index (χ3n) is 7.76. The van der Waals surface area contributed by atoms with Crippen LogP contribution in [0.4, 0.5) is 0 Å². The predicted octanol–water partition coefficient (Wildman–Crippen LogP) is 7.40. The number of phenols is 1. The fraction of sp³-hybridized carbons (Fsp3) is 0.344. The lowest BCUT2D eigenvalue weighted by Crippen LogP contribution is -2.33. The molecule has 0 radical (unpaired) electrons. The Hall–Kier alpha value is -2.92. The van der Waals surface area contributed by atoms with Crippen LogP contribution in [0.5, 0.6) is 11.5 Å². The van der Waals surface area contributed by atoms with Crippen molar-refractivity contribution in [2.45, 2.75) is 33.1 Å². The molecule has 5 rings (SSSR count). The summed E-state index contributed by atoms with van der Waals surface area (Å²) in [5, 5.41) is 11.6. The first-order chi connectivity index (χ1) is 18.9. The highest BCUT2D eigenvalue weighted by atomic mass is 32.1. The molecule has 39 heavy (non-hydrogen) atoms. The molecule has 4 aromatic rings. The maximum atomic E-state index is 14.0. The normalized spacial score (nSPS) is 14.5. The minimum Gasteiger partial charge on any atom is -0.508 e. The molecular formula is C32H36NO4PS. The second-order valence-electron chi connectivity index (χ2n) is 10.2. The lowest BCUT2D eigenvalue weighted by atomic mass is 9.97. The Kier molecular flexibility index (Phi) is 8.56. The van der Waals surface area contributed by atoms with E-state index in [-0.39, 0.29) is 11.5 Å². The number of likely N-dealkylation sites (tertiary alicyclic amines) is 1. The van der Waals surface area contributed by atoms with Crippen molar-refractivity contribution >= 4 is 39.7 Å². The number of aromatic hydroxyl groups is 1. The number of phenolic OH excluding ortho intramolecular Hbond substituents is 1. The SMILES string of the molecule is CCP(=O)(CC)c1ccc2c(C(=O)c3ccc(OCCN4CCCCC4)cc3)c(-c3ccc(O)cc3)sc2c1. The molecule has 1 N–H and O–H groups in total. The van der Waals surface area contributed by atoms with Crippen LogP contribution in [-0.4, -0.2) is 54.4 Å². The quantitative estimate of drug-likeness (QED) is 0.161. The first kappa shape index (κ1) is 27.6. The minimum atomic E-state index is -2.46. The van der Waals surface area contributed by atoms with Gasteiger partial charge in [-0.05, 0) is 86.1 Å². The van der Waals surface area contributed by atoms with Crippen molar-refractivity contribution in [3.8, 4) is 21.9 Å². The molecule has 0 spiro atoms. The van der Waals surface area contributed by atoms with E-state index in [0.29, 0.717) is 30.1 Å². The molecule has 0 saturated carbocycles. The van der Waals surface area contributed by atoms with Gasteiger partial charge in [-0.25, -0.2) is 0 Å². The highest BCUT2D eigenvalue weighted by molar-refractivity contribution is 7.71. The summed E-state index contributed by atoms with van der Waals surface area (Å²) in [6.07, 6.45) is 5.07. The Bertz CT molecular complexity index is 1480. The Morgan fingerprint density at radius 2 is 1.64 bits per heavy atom. The van der Waals surface area contributed by atoms with Crippen LogP contribution in [0.3, 0.4) is 0 Å². The fourth-order valence-corrected chi connectivity index (χ4v) is 8.51. The molecule has 0 atom stereocenters. The number of benzene rings is 3. The molecule has 1 saturated heterocycles. The van der Waals surface area contributed by atoms with E-state index in [1.165, 1.54) is 30.6 Å². The molecule has 7 heteroatoms. The van der Waals surface area contributed by atoms with Crippen LogP contribution in [0.1, 0.15) is 49.0 Å². The largest absolute Gasteiger partial charge is 0.508 e. The zero-order valence-electron chi connectivity index (χ0n) is 22.7. The number of ether oxygens (including phenoxy) is 1. The van der Waals surface area contributed by atoms with E-state index in [9.17, 15) is 14.5 Å². The van der Waals surface area contributed by atoms with Crippen LogP contribution in [0, 0.1) is 0 Å². The van der Waals surface area contributed by atoms with Gasteiger partial charge >= 0.3 is 0 Å². The Labute approximate surface area is 234 Å². The van der Waals surface area contributed by atoms with Crippen molar-refractivity contribution in [1.82, 2.24) is 4.90 Å². The maximum Gasteiger partial charge on any atom is 0.195 e. The van der Waals surface area contributed by atoms with Crippen LogP contribution in [0.15, 0.2) is 66.7 Å². The standard InChI is InChI=1S/C32H36NO4PS/c1-3-38(36,4-2)27-16-17-28-29(22-27)39-32(24-8-12-25(34)13-9-24)30(28)31(35)23-10-14-26(15-11-23)37-21-20-33-18-6-5-7-19-33/h8-17,22,34H,3-7,18-21H2,1-2H3. The molecule has 1 fully saturated rings. The molecular weight excluding hydrogens is 525 g/mol. The van der Waals surface area contributed by atoms with Crippen LogP contribution in [0.2, 0.25) is 0 Å². The van der Waals surface area contributed by atoms with Crippen molar-refractivity contribution in [1.29, 1.82) is 0 Å². The summed E-state index contributed by atoms with van der Waals surface area (Å²) in [7, 11) is -2.46. The van der Waals surface area contributed by atoms with Gasteiger partial charge in [0.2, 0.25) is 0 Å². The monoisotopic (exact) mass is 561 g/mol. The van der Waals surface area contributed by atoms with Crippen molar-refractivity contribution in [2.75, 3.05) is 38.6 Å². The van der Waals surface area contributed by atoms with E-state index in [4.69, 9.17) is 4.74 Å². The van der Waals surface area contributed by atoms with Crippen LogP contribution < -0.4 is 10.0 Å². The Morgan fingerprint density at radius 1 is 0.949 bits per heavy atom. The second kappa shape index (κ2) is 12.1. The summed E-state index contributed by atoms with van der Waals surface area (Å²) in [6, 6.07) is 20.2. The smallest absolute Gasteiger partial charge is 0.195 e. The average molecular weight is 562 g/mol. The topological polar surface area (TPSA) is 66.8 Å². The third-order valence-corrected chi connectivity index (χ3v) is 12.2. The van der Waals surface area contributed by atoms with E-state index in [0.717, 1.165) is 51.2 Å². The number of carbonyl (C=O) groups is 1. The van der Waals surface area contributed by atoms with Crippen molar-refractivity contribution in [3.05, 3.63) is 77.9 Å². The Morgan fingerprint density at radius 3 is 2.31 bits per heavy atom. The van der Waals surface area contributed by atoms with Gasteiger partial charge in [-0.3, -0.25) is 9.69 Å². The molecule has 0 unspecified atom stereocenters. The van der Waals surface area contributed by atoms with Gasteiger partial charge in [-0.2, -0.15) is 0 Å². The van der Waals surface area contributed by atoms with E-state index >= 15 is 0 Å². The van der Waals surface area contributed by atoms with Gasteiger partial charge in [0, 0.05) is 50.3 Å². The second-order valence-corrected chi connectivity index (χ2v) is 14.8. The van der Waals surface area contributed by atoms with E-state index in [2.05, 4.69) is 4.90 Å². The number of piperidine rings is 1. The number of nitrogens with zero attached hydrogens (tertiary/aromatic N) is 1. The molecule has 1 aromatic heterocycles. The highest BCUT2D eigenvalue weighted by Gasteiger charge is 2.25. The molecule has 0 aliphatic carbocycles. The number of hydrogen-bond donors (Lipinski definition) is 1. The van der Waals surface area contributed by atoms with Gasteiger partial charge < -0.3 is 14.4 Å². The first-order valence-electron chi connectivity index (χ1n) is 13.9. The summed E-state index contributed by atoms with van der Waals surface area (Å²) in [4.78, 5) is 17.3. The zero-order valence-corrected chi connectivity index (χ0v) is 24.4. The lowest BCUT2D eigenvalue weighted by molar-refractivity contribution is 0.104. The minimum absolute atomic E-state index is 0.0638. The van der Waals surface area contributed by atoms with Crippen LogP contribution in [-0.2, 0) is 4.57 Å². The number of hydrogen-bond acceptors (Lipinski definition) is 6. The summed E-state index contributed by atoms with van der Waals surface area (Å²) in [5.41, 5.74) is 2.09. The molecule has 3 aromatic carbocycles. The van der Waals surface area contributed by atoms with Gasteiger partial charge in [0.05, 0.1) is 0 Å². The number of fused-ring (bicyclic) bond motifs is 1. The van der Waals surface area contributed by atoms with Crippen molar-refractivity contribution in [2.24, 2.45) is 0 Å². The lowest BCUT2D eigenvalue weighted by Gasteiger charge is -2.26. The number of ketones is 1. The van der Waals surface area contributed by atoms with Gasteiger partial charge in [0.1, 0.15) is 25.2 Å². The molecule has 2 heterocycles. The average Bonchev–Trinajstić information content (AvgIpc) is 3.36. The predicted molar refractivity (Wildman–Crippen MR) is 163 cm³/mol. The molecule has 1 aliphatic rings. The van der Waals surface area contributed by atoms with E-state index < -0.39 is 7.14 Å². The summed E-state index contributed by atoms with van der Waals surface area (Å²) >= 11 is 1.53. The van der Waals surface area contributed by atoms with E-state index in [1.807, 2.05) is 68.4 Å². The molecule has 204 valence electrons. The Balaban J connectivity index is 1.45. The highest BCUT2D eigenvalue weighted by Crippen LogP contribution is 2.46. The summed E-state index contributed by atoms with van der Waals surface area (Å²) in [6.45, 7) is 7.79. The number of rotatable bonds is 10. The van der Waals surface area contributed by atoms with Gasteiger partial charge in [-0.15, -0.1) is 11.3 Å². The summed E-state index contributed by atoms with van der Waals surface area (Å²) < 4.78 is 20.4. The zero-order chi connectivity index (χ0) is 27.4. The number of thiophene rings is 1. The first-order valence-corrected chi connectivity index (χ1v) is 16.8.